The maximum absolute atomic E-state index is 13.4. The molecule has 138 valence electrons. The summed E-state index contributed by atoms with van der Waals surface area (Å²) in [4.78, 5) is 10.2. The minimum absolute atomic E-state index is 0. The Labute approximate surface area is 168 Å². The molecule has 0 saturated carbocycles. The standard InChI is InChI=1S/C17H22F2N4S.HI/c1-5-20-17(21-9-16-22-10(2)12(4)24-16)23-11(3)13-6-7-14(18)15(19)8-13;/h6-8,11H,5,9H2,1-4H3,(H2,20,21,23);1H. The number of nitrogens with zero attached hydrogens (tertiary/aromatic N) is 2. The first-order valence-electron chi connectivity index (χ1n) is 7.83. The number of aromatic nitrogens is 1. The van der Waals surface area contributed by atoms with E-state index in [0.717, 1.165) is 16.8 Å². The van der Waals surface area contributed by atoms with Gasteiger partial charge in [0.1, 0.15) is 5.01 Å². The summed E-state index contributed by atoms with van der Waals surface area (Å²) in [5.74, 6) is -1.09. The first-order chi connectivity index (χ1) is 11.4. The molecular formula is C17H23F2IN4S. The van der Waals surface area contributed by atoms with Gasteiger partial charge in [0.2, 0.25) is 0 Å². The van der Waals surface area contributed by atoms with Crippen LogP contribution in [0, 0.1) is 25.5 Å². The lowest BCUT2D eigenvalue weighted by Crippen LogP contribution is -2.38. The summed E-state index contributed by atoms with van der Waals surface area (Å²) >= 11 is 1.63. The van der Waals surface area contributed by atoms with E-state index in [2.05, 4.69) is 20.6 Å². The van der Waals surface area contributed by atoms with E-state index in [-0.39, 0.29) is 30.0 Å². The number of nitrogens with one attached hydrogen (secondary N) is 2. The minimum atomic E-state index is -0.850. The molecule has 0 aliphatic heterocycles. The number of aryl methyl sites for hydroxylation is 2. The van der Waals surface area contributed by atoms with Crippen molar-refractivity contribution >= 4 is 41.3 Å². The lowest BCUT2D eigenvalue weighted by Gasteiger charge is -2.18. The van der Waals surface area contributed by atoms with Gasteiger partial charge in [-0.05, 0) is 45.4 Å². The van der Waals surface area contributed by atoms with Crippen molar-refractivity contribution in [3.8, 4) is 0 Å². The second-order valence-electron chi connectivity index (χ2n) is 5.48. The molecule has 0 bridgehead atoms. The molecule has 0 aliphatic rings. The summed E-state index contributed by atoms with van der Waals surface area (Å²) in [6, 6.07) is 3.68. The molecule has 1 heterocycles. The van der Waals surface area contributed by atoms with E-state index in [9.17, 15) is 8.78 Å². The average molecular weight is 480 g/mol. The number of benzene rings is 1. The van der Waals surface area contributed by atoms with Gasteiger partial charge in [-0.2, -0.15) is 0 Å². The van der Waals surface area contributed by atoms with E-state index in [0.29, 0.717) is 24.6 Å². The van der Waals surface area contributed by atoms with Crippen LogP contribution in [0.15, 0.2) is 23.2 Å². The molecule has 2 rings (SSSR count). The Bertz CT molecular complexity index is 714. The zero-order valence-corrected chi connectivity index (χ0v) is 17.8. The normalized spacial score (nSPS) is 12.5. The molecular weight excluding hydrogens is 457 g/mol. The number of halogens is 3. The maximum atomic E-state index is 13.4. The molecule has 25 heavy (non-hydrogen) atoms. The van der Waals surface area contributed by atoms with E-state index >= 15 is 0 Å². The monoisotopic (exact) mass is 480 g/mol. The lowest BCUT2D eigenvalue weighted by molar-refractivity contribution is 0.504. The fourth-order valence-electron chi connectivity index (χ4n) is 2.14. The van der Waals surface area contributed by atoms with Gasteiger partial charge in [-0.3, -0.25) is 0 Å². The molecule has 8 heteroatoms. The third kappa shape index (κ3) is 6.18. The van der Waals surface area contributed by atoms with Crippen LogP contribution in [-0.4, -0.2) is 17.5 Å². The van der Waals surface area contributed by atoms with Gasteiger partial charge in [0.25, 0.3) is 0 Å². The van der Waals surface area contributed by atoms with Crippen molar-refractivity contribution < 1.29 is 8.78 Å². The van der Waals surface area contributed by atoms with E-state index in [1.807, 2.05) is 27.7 Å². The Morgan fingerprint density at radius 3 is 2.56 bits per heavy atom. The molecule has 1 aromatic carbocycles. The Morgan fingerprint density at radius 1 is 1.28 bits per heavy atom. The molecule has 0 saturated heterocycles. The van der Waals surface area contributed by atoms with E-state index in [1.54, 1.807) is 17.4 Å². The third-order valence-electron chi connectivity index (χ3n) is 3.59. The predicted molar refractivity (Wildman–Crippen MR) is 110 cm³/mol. The fraction of sp³-hybridized carbons (Fsp3) is 0.412. The van der Waals surface area contributed by atoms with Crippen molar-refractivity contribution in [1.29, 1.82) is 0 Å². The number of hydrogen-bond acceptors (Lipinski definition) is 3. The first-order valence-corrected chi connectivity index (χ1v) is 8.65. The molecule has 2 N–H and O–H groups in total. The van der Waals surface area contributed by atoms with Crippen LogP contribution >= 0.6 is 35.3 Å². The molecule has 1 atom stereocenters. The highest BCUT2D eigenvalue weighted by Crippen LogP contribution is 2.18. The van der Waals surface area contributed by atoms with Crippen molar-refractivity contribution in [1.82, 2.24) is 15.6 Å². The lowest BCUT2D eigenvalue weighted by atomic mass is 10.1. The van der Waals surface area contributed by atoms with E-state index < -0.39 is 11.6 Å². The highest BCUT2D eigenvalue weighted by Gasteiger charge is 2.11. The summed E-state index contributed by atoms with van der Waals surface area (Å²) in [7, 11) is 0. The van der Waals surface area contributed by atoms with Gasteiger partial charge in [0, 0.05) is 11.4 Å². The number of rotatable bonds is 5. The third-order valence-corrected chi connectivity index (χ3v) is 4.64. The molecule has 0 spiro atoms. The Morgan fingerprint density at radius 2 is 2.00 bits per heavy atom. The summed E-state index contributed by atoms with van der Waals surface area (Å²) < 4.78 is 26.4. The average Bonchev–Trinajstić information content (AvgIpc) is 2.86. The van der Waals surface area contributed by atoms with Gasteiger partial charge in [-0.25, -0.2) is 18.8 Å². The second kappa shape index (κ2) is 10.0. The van der Waals surface area contributed by atoms with Crippen molar-refractivity contribution in [2.45, 2.75) is 40.3 Å². The van der Waals surface area contributed by atoms with Gasteiger partial charge in [0.15, 0.2) is 17.6 Å². The molecule has 0 aliphatic carbocycles. The van der Waals surface area contributed by atoms with Crippen molar-refractivity contribution in [3.05, 3.63) is 51.0 Å². The van der Waals surface area contributed by atoms with Crippen LogP contribution in [0.1, 0.15) is 41.0 Å². The van der Waals surface area contributed by atoms with E-state index in [1.165, 1.54) is 10.9 Å². The van der Waals surface area contributed by atoms with Gasteiger partial charge in [-0.15, -0.1) is 35.3 Å². The van der Waals surface area contributed by atoms with Crippen molar-refractivity contribution in [2.75, 3.05) is 6.54 Å². The SMILES string of the molecule is CCNC(=NCc1nc(C)c(C)s1)NC(C)c1ccc(F)c(F)c1.I. The Hall–Kier alpha value is -1.29. The number of thiazole rings is 1. The molecule has 4 nitrogen and oxygen atoms in total. The summed E-state index contributed by atoms with van der Waals surface area (Å²) in [6.45, 7) is 9.03. The van der Waals surface area contributed by atoms with Crippen molar-refractivity contribution in [3.63, 3.8) is 0 Å². The second-order valence-corrected chi connectivity index (χ2v) is 6.77. The smallest absolute Gasteiger partial charge is 0.192 e. The van der Waals surface area contributed by atoms with Gasteiger partial charge >= 0.3 is 0 Å². The van der Waals surface area contributed by atoms with Crippen LogP contribution in [0.4, 0.5) is 8.78 Å². The number of guanidine groups is 1. The Balaban J connectivity index is 0.00000312. The van der Waals surface area contributed by atoms with Crippen LogP contribution in [-0.2, 0) is 6.54 Å². The van der Waals surface area contributed by atoms with Gasteiger partial charge < -0.3 is 10.6 Å². The van der Waals surface area contributed by atoms with E-state index in [4.69, 9.17) is 0 Å². The van der Waals surface area contributed by atoms with Crippen LogP contribution in [0.5, 0.6) is 0 Å². The highest BCUT2D eigenvalue weighted by atomic mass is 127. The summed E-state index contributed by atoms with van der Waals surface area (Å²) in [6.07, 6.45) is 0. The van der Waals surface area contributed by atoms with Gasteiger partial charge in [-0.1, -0.05) is 6.07 Å². The van der Waals surface area contributed by atoms with Crippen LogP contribution in [0.2, 0.25) is 0 Å². The quantitative estimate of drug-likeness (QED) is 0.377. The minimum Gasteiger partial charge on any atom is -0.357 e. The zero-order valence-electron chi connectivity index (χ0n) is 14.7. The molecule has 0 radical (unpaired) electrons. The highest BCUT2D eigenvalue weighted by molar-refractivity contribution is 14.0. The topological polar surface area (TPSA) is 49.3 Å². The maximum Gasteiger partial charge on any atom is 0.192 e. The predicted octanol–water partition coefficient (Wildman–Crippen LogP) is 4.47. The van der Waals surface area contributed by atoms with Crippen LogP contribution < -0.4 is 10.6 Å². The van der Waals surface area contributed by atoms with Crippen molar-refractivity contribution in [2.24, 2.45) is 4.99 Å². The molecule has 0 fully saturated rings. The summed E-state index contributed by atoms with van der Waals surface area (Å²) in [5.41, 5.74) is 1.68. The first kappa shape index (κ1) is 21.8. The van der Waals surface area contributed by atoms with Crippen LogP contribution in [0.25, 0.3) is 0 Å². The van der Waals surface area contributed by atoms with Crippen LogP contribution in [0.3, 0.4) is 0 Å². The molecule has 1 unspecified atom stereocenters. The Kier molecular flexibility index (Phi) is 8.70. The largest absolute Gasteiger partial charge is 0.357 e. The molecule has 0 amide bonds. The summed E-state index contributed by atoms with van der Waals surface area (Å²) in [5, 5.41) is 7.29. The number of hydrogen-bond donors (Lipinski definition) is 2. The molecule has 1 aromatic heterocycles. The zero-order chi connectivity index (χ0) is 17.7. The fourth-order valence-corrected chi connectivity index (χ4v) is 3.00. The number of aliphatic imine (C=N–C) groups is 1. The molecule has 2 aromatic rings. The van der Waals surface area contributed by atoms with Gasteiger partial charge in [0.05, 0.1) is 18.3 Å².